The van der Waals surface area contributed by atoms with Gasteiger partial charge in [-0.3, -0.25) is 4.90 Å². The van der Waals surface area contributed by atoms with Crippen LogP contribution in [0.15, 0.2) is 12.1 Å². The molecule has 1 fully saturated rings. The lowest BCUT2D eigenvalue weighted by Crippen LogP contribution is -2.36. The molecule has 0 aromatic carbocycles. The lowest BCUT2D eigenvalue weighted by atomic mass is 9.99. The van der Waals surface area contributed by atoms with Crippen molar-refractivity contribution < 1.29 is 5.11 Å². The molecule has 1 aromatic heterocycles. The average Bonchev–Trinajstić information content (AvgIpc) is 2.64. The first-order valence-electron chi connectivity index (χ1n) is 5.35. The van der Waals surface area contributed by atoms with Crippen LogP contribution in [0.4, 0.5) is 0 Å². The summed E-state index contributed by atoms with van der Waals surface area (Å²) in [6, 6.07) is 4.05. The van der Waals surface area contributed by atoms with E-state index in [0.717, 1.165) is 30.4 Å². The van der Waals surface area contributed by atoms with Crippen LogP contribution in [-0.2, 0) is 6.54 Å². The first kappa shape index (κ1) is 11.4. The lowest BCUT2D eigenvalue weighted by Gasteiger charge is -2.31. The normalized spacial score (nSPS) is 23.2. The highest BCUT2D eigenvalue weighted by Gasteiger charge is 2.19. The molecule has 2 rings (SSSR count). The maximum absolute atomic E-state index is 9.13. The number of hydrogen-bond acceptors (Lipinski definition) is 3. The SMILES string of the molecule is OC[C@H]1CCCN(Cc2ccc(Cl)s2)C1. The van der Waals surface area contributed by atoms with Gasteiger partial charge < -0.3 is 5.11 Å². The number of rotatable bonds is 3. The minimum atomic E-state index is 0.321. The van der Waals surface area contributed by atoms with Gasteiger partial charge in [-0.05, 0) is 37.4 Å². The summed E-state index contributed by atoms with van der Waals surface area (Å²) < 4.78 is 0.862. The van der Waals surface area contributed by atoms with Gasteiger partial charge in [0.2, 0.25) is 0 Å². The quantitative estimate of drug-likeness (QED) is 0.885. The van der Waals surface area contributed by atoms with Crippen LogP contribution >= 0.6 is 22.9 Å². The van der Waals surface area contributed by atoms with E-state index in [2.05, 4.69) is 11.0 Å². The molecule has 4 heteroatoms. The van der Waals surface area contributed by atoms with E-state index in [9.17, 15) is 0 Å². The van der Waals surface area contributed by atoms with Gasteiger partial charge in [0.1, 0.15) is 0 Å². The number of hydrogen-bond donors (Lipinski definition) is 1. The molecule has 0 saturated carbocycles. The fourth-order valence-electron chi connectivity index (χ4n) is 2.10. The van der Waals surface area contributed by atoms with Gasteiger partial charge in [0, 0.05) is 24.6 Å². The van der Waals surface area contributed by atoms with Crippen LogP contribution in [-0.4, -0.2) is 29.7 Å². The summed E-state index contributed by atoms with van der Waals surface area (Å²) in [6.07, 6.45) is 2.36. The molecule has 1 aromatic rings. The molecular formula is C11H16ClNOS. The third kappa shape index (κ3) is 3.18. The van der Waals surface area contributed by atoms with Crippen molar-refractivity contribution in [1.29, 1.82) is 0 Å². The Morgan fingerprint density at radius 1 is 1.53 bits per heavy atom. The van der Waals surface area contributed by atoms with Crippen LogP contribution < -0.4 is 0 Å². The largest absolute Gasteiger partial charge is 0.396 e. The molecule has 1 N–H and O–H groups in total. The number of thiophene rings is 1. The van der Waals surface area contributed by atoms with Crippen LogP contribution in [0.3, 0.4) is 0 Å². The van der Waals surface area contributed by atoms with E-state index < -0.39 is 0 Å². The number of aliphatic hydroxyl groups is 1. The Hall–Kier alpha value is -0.0900. The smallest absolute Gasteiger partial charge is 0.0931 e. The van der Waals surface area contributed by atoms with E-state index in [0.29, 0.717) is 12.5 Å². The van der Waals surface area contributed by atoms with E-state index in [-0.39, 0.29) is 0 Å². The number of halogens is 1. The number of piperidine rings is 1. The molecule has 2 heterocycles. The summed E-state index contributed by atoms with van der Waals surface area (Å²) in [5.74, 6) is 0.467. The molecule has 15 heavy (non-hydrogen) atoms. The first-order valence-corrected chi connectivity index (χ1v) is 6.55. The molecule has 0 radical (unpaired) electrons. The van der Waals surface area contributed by atoms with Crippen LogP contribution in [0.2, 0.25) is 4.34 Å². The summed E-state index contributed by atoms with van der Waals surface area (Å²) >= 11 is 7.55. The van der Waals surface area contributed by atoms with Crippen LogP contribution in [0.1, 0.15) is 17.7 Å². The van der Waals surface area contributed by atoms with Crippen molar-refractivity contribution >= 4 is 22.9 Å². The molecule has 1 atom stereocenters. The Labute approximate surface area is 99.5 Å². The van der Waals surface area contributed by atoms with Gasteiger partial charge in [0.25, 0.3) is 0 Å². The summed E-state index contributed by atoms with van der Waals surface area (Å²) in [5.41, 5.74) is 0. The second kappa shape index (κ2) is 5.30. The molecule has 0 aliphatic carbocycles. The molecule has 84 valence electrons. The molecule has 1 aliphatic rings. The van der Waals surface area contributed by atoms with E-state index in [1.165, 1.54) is 11.3 Å². The zero-order valence-corrected chi connectivity index (χ0v) is 10.2. The van der Waals surface area contributed by atoms with Gasteiger partial charge >= 0.3 is 0 Å². The zero-order chi connectivity index (χ0) is 10.7. The van der Waals surface area contributed by atoms with Crippen molar-refractivity contribution in [3.63, 3.8) is 0 Å². The molecule has 0 amide bonds. The van der Waals surface area contributed by atoms with E-state index in [1.54, 1.807) is 11.3 Å². The minimum absolute atomic E-state index is 0.321. The van der Waals surface area contributed by atoms with Crippen molar-refractivity contribution in [3.05, 3.63) is 21.3 Å². The number of aliphatic hydroxyl groups excluding tert-OH is 1. The van der Waals surface area contributed by atoms with Crippen molar-refractivity contribution in [2.45, 2.75) is 19.4 Å². The average molecular weight is 246 g/mol. The molecule has 1 saturated heterocycles. The van der Waals surface area contributed by atoms with E-state index in [1.807, 2.05) is 6.07 Å². The Kier molecular flexibility index (Phi) is 4.03. The Balaban J connectivity index is 1.88. The molecular weight excluding hydrogens is 230 g/mol. The highest BCUT2D eigenvalue weighted by atomic mass is 35.5. The Morgan fingerprint density at radius 3 is 3.07 bits per heavy atom. The summed E-state index contributed by atoms with van der Waals surface area (Å²) in [7, 11) is 0. The molecule has 0 bridgehead atoms. The van der Waals surface area contributed by atoms with Gasteiger partial charge in [0.15, 0.2) is 0 Å². The monoisotopic (exact) mass is 245 g/mol. The van der Waals surface area contributed by atoms with Gasteiger partial charge in [0.05, 0.1) is 4.34 Å². The van der Waals surface area contributed by atoms with Gasteiger partial charge in [-0.1, -0.05) is 11.6 Å². The molecule has 0 unspecified atom stereocenters. The third-order valence-electron chi connectivity index (χ3n) is 2.87. The number of likely N-dealkylation sites (tertiary alicyclic amines) is 1. The van der Waals surface area contributed by atoms with Crippen LogP contribution in [0.25, 0.3) is 0 Å². The minimum Gasteiger partial charge on any atom is -0.396 e. The molecule has 1 aliphatic heterocycles. The summed E-state index contributed by atoms with van der Waals surface area (Å²) in [5, 5.41) is 9.13. The third-order valence-corrected chi connectivity index (χ3v) is 4.09. The zero-order valence-electron chi connectivity index (χ0n) is 8.66. The second-order valence-electron chi connectivity index (χ2n) is 4.13. The molecule has 0 spiro atoms. The Bertz CT molecular complexity index is 315. The number of nitrogens with zero attached hydrogens (tertiary/aromatic N) is 1. The predicted molar refractivity (Wildman–Crippen MR) is 64.4 cm³/mol. The highest BCUT2D eigenvalue weighted by molar-refractivity contribution is 7.16. The van der Waals surface area contributed by atoms with Crippen molar-refractivity contribution in [2.24, 2.45) is 5.92 Å². The predicted octanol–water partition coefficient (Wildman–Crippen LogP) is 2.61. The summed E-state index contributed by atoms with van der Waals surface area (Å²) in [4.78, 5) is 3.73. The van der Waals surface area contributed by atoms with Crippen LogP contribution in [0.5, 0.6) is 0 Å². The van der Waals surface area contributed by atoms with Gasteiger partial charge in [-0.25, -0.2) is 0 Å². The first-order chi connectivity index (χ1) is 7.28. The van der Waals surface area contributed by atoms with Crippen molar-refractivity contribution in [3.8, 4) is 0 Å². The maximum Gasteiger partial charge on any atom is 0.0931 e. The van der Waals surface area contributed by atoms with Crippen LogP contribution in [0, 0.1) is 5.92 Å². The van der Waals surface area contributed by atoms with Crippen molar-refractivity contribution in [2.75, 3.05) is 19.7 Å². The maximum atomic E-state index is 9.13. The van der Waals surface area contributed by atoms with Crippen molar-refractivity contribution in [1.82, 2.24) is 4.90 Å². The van der Waals surface area contributed by atoms with E-state index in [4.69, 9.17) is 16.7 Å². The topological polar surface area (TPSA) is 23.5 Å². The summed E-state index contributed by atoms with van der Waals surface area (Å²) in [6.45, 7) is 3.47. The second-order valence-corrected chi connectivity index (χ2v) is 5.93. The van der Waals surface area contributed by atoms with Gasteiger partial charge in [-0.15, -0.1) is 11.3 Å². The fourth-order valence-corrected chi connectivity index (χ4v) is 3.23. The standard InChI is InChI=1S/C11H16ClNOS/c12-11-4-3-10(15-11)7-13-5-1-2-9(6-13)8-14/h3-4,9,14H,1-2,5-8H2/t9-/m0/s1. The fraction of sp³-hybridized carbons (Fsp3) is 0.636. The highest BCUT2D eigenvalue weighted by Crippen LogP contribution is 2.24. The Morgan fingerprint density at radius 2 is 2.40 bits per heavy atom. The van der Waals surface area contributed by atoms with Gasteiger partial charge in [-0.2, -0.15) is 0 Å². The van der Waals surface area contributed by atoms with E-state index >= 15 is 0 Å². The lowest BCUT2D eigenvalue weighted by molar-refractivity contribution is 0.116. The molecule has 2 nitrogen and oxygen atoms in total.